The fourth-order valence-electron chi connectivity index (χ4n) is 9.54. The summed E-state index contributed by atoms with van der Waals surface area (Å²) in [5.74, 6) is 10.0. The van der Waals surface area contributed by atoms with Crippen molar-refractivity contribution in [3.8, 4) is 6.07 Å². The Morgan fingerprint density at radius 1 is 0.857 bits per heavy atom. The van der Waals surface area contributed by atoms with Crippen LogP contribution in [-0.2, 0) is 35.8 Å². The molecule has 3 atom stereocenters. The van der Waals surface area contributed by atoms with E-state index in [1.807, 2.05) is 36.1 Å². The Kier molecular flexibility index (Phi) is 8.69. The van der Waals surface area contributed by atoms with Crippen molar-refractivity contribution in [1.82, 2.24) is 14.9 Å². The Hall–Kier alpha value is -6.86. The highest BCUT2D eigenvalue weighted by Gasteiger charge is 2.40. The fraction of sp³-hybridized carbons (Fsp3) is 0.311. The summed E-state index contributed by atoms with van der Waals surface area (Å²) >= 11 is 0. The van der Waals surface area contributed by atoms with E-state index < -0.39 is 11.5 Å². The molecule has 2 N–H and O–H groups in total. The molecule has 0 radical (unpaired) electrons. The number of aromatic nitrogens is 2. The number of H-pyrrole nitrogens is 1. The average Bonchev–Trinajstić information content (AvgIpc) is 3.76. The van der Waals surface area contributed by atoms with Gasteiger partial charge in [0.2, 0.25) is 0 Å². The van der Waals surface area contributed by atoms with E-state index in [-0.39, 0.29) is 47.0 Å². The Bertz CT molecular complexity index is 2900. The van der Waals surface area contributed by atoms with Crippen LogP contribution in [0.2, 0.25) is 0 Å². The molecular formula is C45H38N6O5. The molecule has 0 saturated carbocycles. The van der Waals surface area contributed by atoms with Crippen molar-refractivity contribution in [3.63, 3.8) is 0 Å². The maximum atomic E-state index is 12.9. The Morgan fingerprint density at radius 3 is 2.25 bits per heavy atom. The molecule has 2 aromatic heterocycles. The summed E-state index contributed by atoms with van der Waals surface area (Å²) in [6.07, 6.45) is 1.28. The van der Waals surface area contributed by atoms with Crippen LogP contribution < -0.4 is 25.8 Å². The predicted octanol–water partition coefficient (Wildman–Crippen LogP) is 3.92. The molecule has 2 saturated heterocycles. The summed E-state index contributed by atoms with van der Waals surface area (Å²) in [5, 5.41) is 14.5. The van der Waals surface area contributed by atoms with Crippen molar-refractivity contribution in [1.29, 1.82) is 5.26 Å². The van der Waals surface area contributed by atoms with E-state index >= 15 is 0 Å². The number of aryl methyl sites for hydroxylation is 1. The Balaban J connectivity index is 1.20. The van der Waals surface area contributed by atoms with Crippen molar-refractivity contribution >= 4 is 68.3 Å². The standard InChI is InChI=1S/C45H38N6O5/c1-6-28-15-32-33(21-53)42-30-12-10-27(17-46)14-35(30)48-44(42)45(4,5)34(32)16-39(28)49-18-25(2)50(26(3)19-49)38-9-7-8-31-40(23-55)51(41(24-56)43(31)38)37-13-11-29(20-52)47-36(37)22-54/h7-10,12,14-16,25-26,37,47-48H,6,11,13,18-19H2,1-5H3. The molecule has 3 aliphatic rings. The van der Waals surface area contributed by atoms with Gasteiger partial charge in [-0.05, 0) is 73.7 Å². The smallest absolute Gasteiger partial charge is 0.151 e. The van der Waals surface area contributed by atoms with Crippen molar-refractivity contribution < 1.29 is 24.0 Å². The summed E-state index contributed by atoms with van der Waals surface area (Å²) < 4.78 is 1.50. The zero-order valence-electron chi connectivity index (χ0n) is 31.7. The molecule has 3 unspecified atom stereocenters. The monoisotopic (exact) mass is 742 g/mol. The molecule has 0 spiro atoms. The van der Waals surface area contributed by atoms with Gasteiger partial charge in [0.25, 0.3) is 0 Å². The molecule has 278 valence electrons. The van der Waals surface area contributed by atoms with Crippen LogP contribution in [0.5, 0.6) is 0 Å². The van der Waals surface area contributed by atoms with E-state index in [4.69, 9.17) is 0 Å². The van der Waals surface area contributed by atoms with Gasteiger partial charge in [0, 0.05) is 81.3 Å². The molecule has 0 amide bonds. The summed E-state index contributed by atoms with van der Waals surface area (Å²) in [7, 11) is 0. The number of anilines is 2. The number of fused-ring (bicyclic) bond motifs is 5. The maximum Gasteiger partial charge on any atom is 0.151 e. The maximum absolute atomic E-state index is 12.9. The number of piperazine rings is 1. The number of piperidine rings is 1. The zero-order chi connectivity index (χ0) is 39.6. The second-order valence-corrected chi connectivity index (χ2v) is 15.5. The lowest BCUT2D eigenvalue weighted by atomic mass is 9.69. The quantitative estimate of drug-likeness (QED) is 0.262. The van der Waals surface area contributed by atoms with Crippen LogP contribution in [0.4, 0.5) is 11.4 Å². The number of hydrogen-bond acceptors (Lipinski definition) is 9. The van der Waals surface area contributed by atoms with Crippen LogP contribution in [0.1, 0.15) is 87.0 Å². The van der Waals surface area contributed by atoms with Gasteiger partial charge >= 0.3 is 0 Å². The second kappa shape index (κ2) is 13.5. The van der Waals surface area contributed by atoms with Gasteiger partial charge in [0.1, 0.15) is 39.9 Å². The van der Waals surface area contributed by atoms with Crippen LogP contribution in [-0.4, -0.2) is 64.4 Å². The van der Waals surface area contributed by atoms with Crippen molar-refractivity contribution in [2.24, 2.45) is 0 Å². The van der Waals surface area contributed by atoms with Crippen LogP contribution in [0, 0.1) is 11.3 Å². The van der Waals surface area contributed by atoms with Gasteiger partial charge in [0.05, 0.1) is 23.2 Å². The van der Waals surface area contributed by atoms with Gasteiger partial charge in [-0.15, -0.1) is 0 Å². The number of allylic oxidation sites excluding steroid dienone is 2. The van der Waals surface area contributed by atoms with E-state index in [1.54, 1.807) is 18.1 Å². The van der Waals surface area contributed by atoms with Gasteiger partial charge in [0.15, 0.2) is 11.9 Å². The first kappa shape index (κ1) is 36.1. The van der Waals surface area contributed by atoms with Gasteiger partial charge in [-0.2, -0.15) is 5.26 Å². The number of aromatic amines is 1. The lowest BCUT2D eigenvalue weighted by Gasteiger charge is -2.48. The highest BCUT2D eigenvalue weighted by molar-refractivity contribution is 6.10. The first-order valence-corrected chi connectivity index (χ1v) is 18.8. The van der Waals surface area contributed by atoms with Crippen molar-refractivity contribution in [2.75, 3.05) is 22.9 Å². The van der Waals surface area contributed by atoms with Gasteiger partial charge < -0.3 is 24.7 Å². The largest absolute Gasteiger partial charge is 0.367 e. The Morgan fingerprint density at radius 2 is 1.61 bits per heavy atom. The van der Waals surface area contributed by atoms with Crippen molar-refractivity contribution in [2.45, 2.75) is 77.4 Å². The molecule has 4 heterocycles. The molecular weight excluding hydrogens is 705 g/mol. The third-order valence-electron chi connectivity index (χ3n) is 12.0. The molecule has 2 aliphatic heterocycles. The zero-order valence-corrected chi connectivity index (χ0v) is 31.7. The SMILES string of the molecule is CCc1cc2c(cc1N1CC(C)N(c3cccc4c(=C=O)n(C5CCC(=C=O)NC5=C=O)c(=C=O)c34)C(C)C1)C(C)(C)c1[nH]c3cc(C#N)ccc3c1C2=C=O. The van der Waals surface area contributed by atoms with Gasteiger partial charge in [-0.25, -0.2) is 24.0 Å². The number of nitrogens with one attached hydrogen (secondary N) is 2. The summed E-state index contributed by atoms with van der Waals surface area (Å²) in [6.45, 7) is 12.0. The normalized spacial score (nSPS) is 19.9. The highest BCUT2D eigenvalue weighted by atomic mass is 16.1. The van der Waals surface area contributed by atoms with E-state index in [0.717, 1.165) is 56.6 Å². The van der Waals surface area contributed by atoms with Gasteiger partial charge in [-0.1, -0.05) is 39.0 Å². The van der Waals surface area contributed by atoms with E-state index in [9.17, 15) is 29.2 Å². The molecule has 56 heavy (non-hydrogen) atoms. The average molecular weight is 743 g/mol. The molecule has 11 heteroatoms. The van der Waals surface area contributed by atoms with Gasteiger partial charge in [-0.3, -0.25) is 0 Å². The second-order valence-electron chi connectivity index (χ2n) is 15.5. The van der Waals surface area contributed by atoms with Crippen molar-refractivity contribution in [3.05, 3.63) is 104 Å². The van der Waals surface area contributed by atoms with Crippen LogP contribution in [0.25, 0.3) is 27.2 Å². The molecule has 1 aliphatic carbocycles. The highest BCUT2D eigenvalue weighted by Crippen LogP contribution is 2.50. The molecule has 3 aromatic carbocycles. The van der Waals surface area contributed by atoms with E-state index in [0.29, 0.717) is 35.0 Å². The fourth-order valence-corrected chi connectivity index (χ4v) is 9.54. The third-order valence-corrected chi connectivity index (χ3v) is 12.0. The molecule has 0 bridgehead atoms. The molecule has 5 aromatic rings. The minimum absolute atomic E-state index is 0.0319. The predicted molar refractivity (Wildman–Crippen MR) is 213 cm³/mol. The minimum atomic E-state index is -0.754. The summed E-state index contributed by atoms with van der Waals surface area (Å²) in [4.78, 5) is 69.9. The Labute approximate surface area is 322 Å². The minimum Gasteiger partial charge on any atom is -0.367 e. The molecule has 2 fully saturated rings. The number of benzene rings is 3. The number of rotatable bonds is 4. The first-order valence-electron chi connectivity index (χ1n) is 18.8. The third kappa shape index (κ3) is 5.18. The summed E-state index contributed by atoms with van der Waals surface area (Å²) in [6, 6.07) is 16.8. The lowest BCUT2D eigenvalue weighted by Crippen LogP contribution is -2.57. The van der Waals surface area contributed by atoms with E-state index in [1.165, 1.54) is 4.57 Å². The summed E-state index contributed by atoms with van der Waals surface area (Å²) in [5.41, 5.74) is 8.13. The number of nitrogens with zero attached hydrogens (tertiary/aromatic N) is 4. The molecule has 11 nitrogen and oxygen atoms in total. The van der Waals surface area contributed by atoms with Crippen LogP contribution in [0.3, 0.4) is 0 Å². The topological polar surface area (TPSA) is 148 Å². The lowest BCUT2D eigenvalue weighted by molar-refractivity contribution is 0.449. The number of nitriles is 1. The number of carbonyl (C=O) groups excluding carboxylic acids is 5. The molecule has 8 rings (SSSR count). The number of hydrogen-bond donors (Lipinski definition) is 2. The van der Waals surface area contributed by atoms with Crippen LogP contribution in [0.15, 0.2) is 59.9 Å². The van der Waals surface area contributed by atoms with E-state index in [2.05, 4.69) is 84.8 Å². The van der Waals surface area contributed by atoms with Crippen LogP contribution >= 0.6 is 0 Å². The first-order chi connectivity index (χ1) is 27.0.